The lowest BCUT2D eigenvalue weighted by atomic mass is 10.2. The van der Waals surface area contributed by atoms with Crippen molar-refractivity contribution in [2.45, 2.75) is 29.6 Å². The lowest BCUT2D eigenvalue weighted by Gasteiger charge is -2.25. The number of sulfonamides is 1. The van der Waals surface area contributed by atoms with Gasteiger partial charge in [-0.15, -0.1) is 11.3 Å². The second kappa shape index (κ2) is 7.99. The maximum absolute atomic E-state index is 13.3. The van der Waals surface area contributed by atoms with E-state index in [9.17, 15) is 21.6 Å². The molecule has 1 aromatic carbocycles. The molecule has 160 valence electrons. The topological polar surface area (TPSA) is 55.2 Å². The zero-order valence-corrected chi connectivity index (χ0v) is 18.0. The van der Waals surface area contributed by atoms with Gasteiger partial charge in [0.15, 0.2) is 5.69 Å². The van der Waals surface area contributed by atoms with Crippen LogP contribution in [0.25, 0.3) is 16.3 Å². The van der Waals surface area contributed by atoms with Crippen LogP contribution in [0.4, 0.5) is 13.2 Å². The van der Waals surface area contributed by atoms with Gasteiger partial charge in [0.1, 0.15) is 4.21 Å². The number of hydrogen-bond acceptors (Lipinski definition) is 4. The third-order valence-corrected chi connectivity index (χ3v) is 8.62. The summed E-state index contributed by atoms with van der Waals surface area (Å²) >= 11 is 7.10. The summed E-state index contributed by atoms with van der Waals surface area (Å²) in [6, 6.07) is 10.3. The lowest BCUT2D eigenvalue weighted by Crippen LogP contribution is -2.35. The van der Waals surface area contributed by atoms with E-state index in [2.05, 4.69) is 5.10 Å². The second-order valence-corrected chi connectivity index (χ2v) is 10.5. The van der Waals surface area contributed by atoms with Gasteiger partial charge in [-0.1, -0.05) is 30.2 Å². The molecular weight excluding hydrogens is 459 g/mol. The predicted octanol–water partition coefficient (Wildman–Crippen LogP) is 5.45. The van der Waals surface area contributed by atoms with Crippen LogP contribution in [-0.4, -0.2) is 35.6 Å². The summed E-state index contributed by atoms with van der Waals surface area (Å²) in [4.78, 5) is 0.355. The molecule has 1 fully saturated rings. The highest BCUT2D eigenvalue weighted by Gasteiger charge is 2.36. The van der Waals surface area contributed by atoms with Gasteiger partial charge in [-0.2, -0.15) is 22.6 Å². The molecule has 0 amide bonds. The monoisotopic (exact) mass is 475 g/mol. The van der Waals surface area contributed by atoms with Gasteiger partial charge in [-0.3, -0.25) is 0 Å². The number of para-hydroxylation sites is 1. The average molecular weight is 476 g/mol. The Morgan fingerprint density at radius 3 is 2.40 bits per heavy atom. The summed E-state index contributed by atoms with van der Waals surface area (Å²) in [6.07, 6.45) is -2.07. The third kappa shape index (κ3) is 4.01. The Kier molecular flexibility index (Phi) is 5.69. The number of piperidine rings is 1. The first-order chi connectivity index (χ1) is 14.2. The molecule has 0 unspecified atom stereocenters. The van der Waals surface area contributed by atoms with Crippen molar-refractivity contribution in [2.24, 2.45) is 0 Å². The van der Waals surface area contributed by atoms with E-state index in [0.29, 0.717) is 18.0 Å². The average Bonchev–Trinajstić information content (AvgIpc) is 3.36. The number of rotatable bonds is 4. The van der Waals surface area contributed by atoms with Crippen LogP contribution in [0.1, 0.15) is 25.0 Å². The molecule has 0 radical (unpaired) electrons. The fourth-order valence-electron chi connectivity index (χ4n) is 3.33. The number of thiophene rings is 1. The molecule has 3 heterocycles. The molecule has 30 heavy (non-hydrogen) atoms. The summed E-state index contributed by atoms with van der Waals surface area (Å²) < 4.78 is 68.5. The van der Waals surface area contributed by atoms with Gasteiger partial charge in [0.05, 0.1) is 21.3 Å². The molecule has 1 aliphatic heterocycles. The standard InChI is InChI=1S/C19H17ClF3N3O2S2/c20-13-6-2-3-7-14(13)26-15(12-17(24-26)19(21,22)23)16-8-9-18(29-16)30(27,28)25-10-4-1-5-11-25/h2-3,6-9,12H,1,4-5,10-11H2. The van der Waals surface area contributed by atoms with Gasteiger partial charge < -0.3 is 0 Å². The Balaban J connectivity index is 1.80. The zero-order chi connectivity index (χ0) is 21.5. The molecule has 3 aromatic rings. The Hall–Kier alpha value is -1.88. The van der Waals surface area contributed by atoms with Crippen LogP contribution in [0, 0.1) is 0 Å². The number of aromatic nitrogens is 2. The van der Waals surface area contributed by atoms with Crippen molar-refractivity contribution in [3.8, 4) is 16.3 Å². The molecule has 5 nitrogen and oxygen atoms in total. The first-order valence-corrected chi connectivity index (χ1v) is 11.8. The van der Waals surface area contributed by atoms with Gasteiger partial charge in [0, 0.05) is 13.1 Å². The van der Waals surface area contributed by atoms with E-state index < -0.39 is 21.9 Å². The largest absolute Gasteiger partial charge is 0.435 e. The minimum Gasteiger partial charge on any atom is -0.230 e. The fraction of sp³-hybridized carbons (Fsp3) is 0.316. The molecule has 0 aliphatic carbocycles. The smallest absolute Gasteiger partial charge is 0.230 e. The minimum atomic E-state index is -4.65. The summed E-state index contributed by atoms with van der Waals surface area (Å²) in [7, 11) is -3.68. The highest BCUT2D eigenvalue weighted by Crippen LogP contribution is 2.38. The molecular formula is C19H17ClF3N3O2S2. The predicted molar refractivity (Wildman–Crippen MR) is 109 cm³/mol. The summed E-state index contributed by atoms with van der Waals surface area (Å²) in [5.74, 6) is 0. The van der Waals surface area contributed by atoms with Gasteiger partial charge in [-0.05, 0) is 43.2 Å². The second-order valence-electron chi connectivity index (χ2n) is 6.86. The van der Waals surface area contributed by atoms with Crippen LogP contribution < -0.4 is 0 Å². The van der Waals surface area contributed by atoms with Gasteiger partial charge >= 0.3 is 6.18 Å². The summed E-state index contributed by atoms with van der Waals surface area (Å²) in [5.41, 5.74) is -0.676. The molecule has 0 spiro atoms. The van der Waals surface area contributed by atoms with E-state index in [-0.39, 0.29) is 20.6 Å². The van der Waals surface area contributed by atoms with Crippen molar-refractivity contribution in [3.63, 3.8) is 0 Å². The normalized spacial score (nSPS) is 16.1. The SMILES string of the molecule is O=S(=O)(c1ccc(-c2cc(C(F)(F)F)nn2-c2ccccc2Cl)s1)N1CCCCC1. The first kappa shape index (κ1) is 21.4. The molecule has 1 aliphatic rings. The Bertz CT molecular complexity index is 1170. The molecule has 0 atom stereocenters. The van der Waals surface area contributed by atoms with Crippen molar-refractivity contribution in [1.29, 1.82) is 0 Å². The van der Waals surface area contributed by atoms with E-state index in [4.69, 9.17) is 11.6 Å². The highest BCUT2D eigenvalue weighted by atomic mass is 35.5. The number of halogens is 4. The first-order valence-electron chi connectivity index (χ1n) is 9.20. The van der Waals surface area contributed by atoms with Crippen molar-refractivity contribution < 1.29 is 21.6 Å². The molecule has 0 saturated carbocycles. The van der Waals surface area contributed by atoms with Crippen molar-refractivity contribution in [2.75, 3.05) is 13.1 Å². The zero-order valence-electron chi connectivity index (χ0n) is 15.6. The van der Waals surface area contributed by atoms with E-state index in [1.165, 1.54) is 16.4 Å². The molecule has 0 N–H and O–H groups in total. The highest BCUT2D eigenvalue weighted by molar-refractivity contribution is 7.91. The van der Waals surface area contributed by atoms with Gasteiger partial charge in [0.2, 0.25) is 0 Å². The van der Waals surface area contributed by atoms with Crippen molar-refractivity contribution >= 4 is 33.0 Å². The van der Waals surface area contributed by atoms with Crippen LogP contribution in [0.5, 0.6) is 0 Å². The fourth-order valence-corrected chi connectivity index (χ4v) is 6.53. The van der Waals surface area contributed by atoms with Crippen LogP contribution in [-0.2, 0) is 16.2 Å². The lowest BCUT2D eigenvalue weighted by molar-refractivity contribution is -0.141. The van der Waals surface area contributed by atoms with E-state index in [1.54, 1.807) is 24.3 Å². The quantitative estimate of drug-likeness (QED) is 0.504. The summed E-state index contributed by atoms with van der Waals surface area (Å²) in [6.45, 7) is 0.899. The van der Waals surface area contributed by atoms with Crippen LogP contribution in [0.15, 0.2) is 46.7 Å². The number of hydrogen-bond donors (Lipinski definition) is 0. The minimum absolute atomic E-state index is 0.0971. The molecule has 4 rings (SSSR count). The van der Waals surface area contributed by atoms with E-state index in [1.807, 2.05) is 0 Å². The van der Waals surface area contributed by atoms with Gasteiger partial charge in [-0.25, -0.2) is 13.1 Å². The maximum Gasteiger partial charge on any atom is 0.435 e. The molecule has 0 bridgehead atoms. The third-order valence-electron chi connectivity index (χ3n) is 4.82. The van der Waals surface area contributed by atoms with Crippen molar-refractivity contribution in [1.82, 2.24) is 14.1 Å². The molecule has 1 saturated heterocycles. The van der Waals surface area contributed by atoms with Crippen LogP contribution >= 0.6 is 22.9 Å². The van der Waals surface area contributed by atoms with Crippen LogP contribution in [0.3, 0.4) is 0 Å². The van der Waals surface area contributed by atoms with E-state index in [0.717, 1.165) is 41.3 Å². The maximum atomic E-state index is 13.3. The Morgan fingerprint density at radius 1 is 1.03 bits per heavy atom. The Morgan fingerprint density at radius 2 is 1.73 bits per heavy atom. The number of nitrogens with zero attached hydrogens (tertiary/aromatic N) is 3. The molecule has 2 aromatic heterocycles. The number of alkyl halides is 3. The van der Waals surface area contributed by atoms with Crippen molar-refractivity contribution in [3.05, 3.63) is 53.2 Å². The molecule has 11 heteroatoms. The van der Waals surface area contributed by atoms with E-state index >= 15 is 0 Å². The van der Waals surface area contributed by atoms with Crippen LogP contribution in [0.2, 0.25) is 5.02 Å². The number of benzene rings is 1. The van der Waals surface area contributed by atoms with Gasteiger partial charge in [0.25, 0.3) is 10.0 Å². The Labute approximate surface area is 180 Å². The summed E-state index contributed by atoms with van der Waals surface area (Å²) in [5, 5.41) is 3.93.